The van der Waals surface area contributed by atoms with Crippen LogP contribution in [0.4, 0.5) is 0 Å². The topological polar surface area (TPSA) is 26.0 Å². The van der Waals surface area contributed by atoms with Gasteiger partial charge in [-0.3, -0.25) is 0 Å². The zero-order chi connectivity index (χ0) is 12.8. The van der Waals surface area contributed by atoms with Crippen LogP contribution in [0.2, 0.25) is 0 Å². The molecule has 2 N–H and O–H groups in total. The largest absolute Gasteiger partial charge is 0.327 e. The molecule has 2 rings (SSSR count). The maximum absolute atomic E-state index is 6.43. The molecule has 0 saturated heterocycles. The minimum Gasteiger partial charge on any atom is -0.327 e. The molecule has 0 heterocycles. The van der Waals surface area contributed by atoms with E-state index in [1.807, 2.05) is 0 Å². The quantitative estimate of drug-likeness (QED) is 0.846. The molecular formula is C16H25N. The van der Waals surface area contributed by atoms with Crippen molar-refractivity contribution in [1.29, 1.82) is 0 Å². The van der Waals surface area contributed by atoms with E-state index in [-0.39, 0.29) is 6.04 Å². The van der Waals surface area contributed by atoms with Gasteiger partial charge in [0.25, 0.3) is 0 Å². The van der Waals surface area contributed by atoms with Crippen molar-refractivity contribution in [3.63, 3.8) is 0 Å². The highest BCUT2D eigenvalue weighted by molar-refractivity contribution is 5.28. The molecule has 0 amide bonds. The molecule has 1 aromatic rings. The van der Waals surface area contributed by atoms with E-state index in [0.29, 0.717) is 16.7 Å². The first-order valence-corrected chi connectivity index (χ1v) is 6.58. The van der Waals surface area contributed by atoms with Crippen LogP contribution < -0.4 is 5.73 Å². The van der Waals surface area contributed by atoms with Crippen LogP contribution in [0.15, 0.2) is 24.3 Å². The Balaban J connectivity index is 2.10. The molecule has 1 saturated carbocycles. The van der Waals surface area contributed by atoms with Gasteiger partial charge in [0, 0.05) is 6.04 Å². The molecule has 0 radical (unpaired) electrons. The minimum absolute atomic E-state index is 0.279. The van der Waals surface area contributed by atoms with Crippen LogP contribution in [-0.2, 0) is 6.42 Å². The fraction of sp³-hybridized carbons (Fsp3) is 0.625. The second kappa shape index (κ2) is 3.84. The molecular weight excluding hydrogens is 206 g/mol. The maximum Gasteiger partial charge on any atom is 0.0118 e. The molecule has 0 aromatic heterocycles. The zero-order valence-corrected chi connectivity index (χ0v) is 11.7. The Bertz CT molecular complexity index is 403. The van der Waals surface area contributed by atoms with Crippen LogP contribution >= 0.6 is 0 Å². The number of nitrogens with two attached hydrogens (primary N) is 1. The van der Waals surface area contributed by atoms with Crippen LogP contribution in [0.25, 0.3) is 0 Å². The molecule has 1 aliphatic rings. The van der Waals surface area contributed by atoms with E-state index in [9.17, 15) is 0 Å². The maximum atomic E-state index is 6.43. The third-order valence-corrected chi connectivity index (χ3v) is 5.28. The summed E-state index contributed by atoms with van der Waals surface area (Å²) < 4.78 is 0. The van der Waals surface area contributed by atoms with Crippen LogP contribution in [0, 0.1) is 23.7 Å². The van der Waals surface area contributed by atoms with E-state index in [0.717, 1.165) is 6.42 Å². The van der Waals surface area contributed by atoms with Crippen LogP contribution in [-0.4, -0.2) is 6.04 Å². The highest BCUT2D eigenvalue weighted by Crippen LogP contribution is 2.69. The van der Waals surface area contributed by atoms with Crippen molar-refractivity contribution < 1.29 is 0 Å². The first-order valence-electron chi connectivity index (χ1n) is 6.58. The van der Waals surface area contributed by atoms with Gasteiger partial charge in [-0.2, -0.15) is 0 Å². The molecule has 1 atom stereocenters. The zero-order valence-electron chi connectivity index (χ0n) is 11.7. The van der Waals surface area contributed by atoms with Crippen molar-refractivity contribution in [2.45, 2.75) is 47.1 Å². The highest BCUT2D eigenvalue weighted by atomic mass is 14.8. The van der Waals surface area contributed by atoms with E-state index in [1.54, 1.807) is 0 Å². The standard InChI is InChI=1S/C16H25N/c1-11-8-6-7-9-12(11)10-13(17)14-15(2,3)16(14,4)5/h6-9,13-14H,10,17H2,1-5H3. The fourth-order valence-corrected chi connectivity index (χ4v) is 3.53. The van der Waals surface area contributed by atoms with E-state index in [1.165, 1.54) is 11.1 Å². The van der Waals surface area contributed by atoms with E-state index >= 15 is 0 Å². The molecule has 1 heteroatoms. The van der Waals surface area contributed by atoms with Crippen molar-refractivity contribution in [1.82, 2.24) is 0 Å². The molecule has 1 aromatic carbocycles. The summed E-state index contributed by atoms with van der Waals surface area (Å²) in [5.74, 6) is 0.634. The molecule has 94 valence electrons. The van der Waals surface area contributed by atoms with E-state index < -0.39 is 0 Å². The van der Waals surface area contributed by atoms with Gasteiger partial charge in [0.05, 0.1) is 0 Å². The summed E-state index contributed by atoms with van der Waals surface area (Å²) in [6, 6.07) is 8.86. The van der Waals surface area contributed by atoms with Gasteiger partial charge >= 0.3 is 0 Å². The lowest BCUT2D eigenvalue weighted by Crippen LogP contribution is -2.28. The fourth-order valence-electron chi connectivity index (χ4n) is 3.53. The summed E-state index contributed by atoms with van der Waals surface area (Å²) in [6.07, 6.45) is 1.00. The predicted octanol–water partition coefficient (Wildman–Crippen LogP) is 3.55. The van der Waals surface area contributed by atoms with Gasteiger partial charge in [0.2, 0.25) is 0 Å². The minimum atomic E-state index is 0.279. The monoisotopic (exact) mass is 231 g/mol. The Hall–Kier alpha value is -0.820. The Morgan fingerprint density at radius 1 is 1.12 bits per heavy atom. The van der Waals surface area contributed by atoms with Crippen LogP contribution in [0.1, 0.15) is 38.8 Å². The summed E-state index contributed by atoms with van der Waals surface area (Å²) >= 11 is 0. The van der Waals surface area contributed by atoms with Crippen molar-refractivity contribution in [3.8, 4) is 0 Å². The molecule has 1 aliphatic carbocycles. The lowest BCUT2D eigenvalue weighted by atomic mass is 9.95. The second-order valence-corrected chi connectivity index (χ2v) is 6.72. The molecule has 1 unspecified atom stereocenters. The second-order valence-electron chi connectivity index (χ2n) is 6.72. The van der Waals surface area contributed by atoms with Crippen molar-refractivity contribution >= 4 is 0 Å². The van der Waals surface area contributed by atoms with Gasteiger partial charge in [0.15, 0.2) is 0 Å². The Kier molecular flexibility index (Phi) is 2.86. The first kappa shape index (κ1) is 12.6. The third-order valence-electron chi connectivity index (χ3n) is 5.28. The van der Waals surface area contributed by atoms with Gasteiger partial charge in [-0.1, -0.05) is 52.0 Å². The Morgan fingerprint density at radius 2 is 1.65 bits per heavy atom. The summed E-state index contributed by atoms with van der Waals surface area (Å²) in [7, 11) is 0. The van der Waals surface area contributed by atoms with Crippen LogP contribution in [0.3, 0.4) is 0 Å². The average molecular weight is 231 g/mol. The molecule has 0 bridgehead atoms. The van der Waals surface area contributed by atoms with Crippen molar-refractivity contribution in [2.75, 3.05) is 0 Å². The molecule has 0 spiro atoms. The Morgan fingerprint density at radius 3 is 2.12 bits per heavy atom. The Labute approximate surface area is 105 Å². The third kappa shape index (κ3) is 1.91. The summed E-state index contributed by atoms with van der Waals surface area (Å²) in [6.45, 7) is 11.5. The van der Waals surface area contributed by atoms with Gasteiger partial charge in [-0.15, -0.1) is 0 Å². The lowest BCUT2D eigenvalue weighted by Gasteiger charge is -2.15. The summed E-state index contributed by atoms with van der Waals surface area (Å²) in [5, 5.41) is 0. The van der Waals surface area contributed by atoms with Crippen molar-refractivity contribution in [3.05, 3.63) is 35.4 Å². The normalized spacial score (nSPS) is 23.4. The summed E-state index contributed by atoms with van der Waals surface area (Å²) in [4.78, 5) is 0. The highest BCUT2D eigenvalue weighted by Gasteiger charge is 2.66. The molecule has 17 heavy (non-hydrogen) atoms. The van der Waals surface area contributed by atoms with Gasteiger partial charge in [-0.25, -0.2) is 0 Å². The lowest BCUT2D eigenvalue weighted by molar-refractivity contribution is 0.457. The van der Waals surface area contributed by atoms with Gasteiger partial charge in [0.1, 0.15) is 0 Å². The van der Waals surface area contributed by atoms with Gasteiger partial charge < -0.3 is 5.73 Å². The number of aryl methyl sites for hydroxylation is 1. The number of rotatable bonds is 3. The molecule has 1 fully saturated rings. The number of benzene rings is 1. The smallest absolute Gasteiger partial charge is 0.0118 e. The predicted molar refractivity (Wildman–Crippen MR) is 73.9 cm³/mol. The average Bonchev–Trinajstić information content (AvgIpc) is 2.61. The number of hydrogen-bond donors (Lipinski definition) is 1. The first-order chi connectivity index (χ1) is 7.78. The van der Waals surface area contributed by atoms with E-state index in [2.05, 4.69) is 58.9 Å². The van der Waals surface area contributed by atoms with Gasteiger partial charge in [-0.05, 0) is 41.2 Å². The molecule has 1 nitrogen and oxygen atoms in total. The summed E-state index contributed by atoms with van der Waals surface area (Å²) in [5.41, 5.74) is 9.96. The van der Waals surface area contributed by atoms with E-state index in [4.69, 9.17) is 5.73 Å². The van der Waals surface area contributed by atoms with Crippen LogP contribution in [0.5, 0.6) is 0 Å². The SMILES string of the molecule is Cc1ccccc1CC(N)C1C(C)(C)C1(C)C. The molecule has 0 aliphatic heterocycles. The van der Waals surface area contributed by atoms with Crippen molar-refractivity contribution in [2.24, 2.45) is 22.5 Å². The number of hydrogen-bond acceptors (Lipinski definition) is 1.